The molecule has 3 nitrogen and oxygen atoms in total. The Morgan fingerprint density at radius 1 is 1.41 bits per heavy atom. The zero-order valence-electron chi connectivity index (χ0n) is 9.62. The van der Waals surface area contributed by atoms with Gasteiger partial charge in [0.05, 0.1) is 19.8 Å². The molecule has 1 aromatic rings. The van der Waals surface area contributed by atoms with Crippen LogP contribution < -0.4 is 4.90 Å². The summed E-state index contributed by atoms with van der Waals surface area (Å²) in [7, 11) is 0. The molecule has 1 N–H and O–H groups in total. The third kappa shape index (κ3) is 2.40. The molecule has 0 aliphatic carbocycles. The second kappa shape index (κ2) is 4.98. The fourth-order valence-electron chi connectivity index (χ4n) is 2.04. The number of aliphatic hydroxyl groups excluding tert-OH is 1. The zero-order valence-corrected chi connectivity index (χ0v) is 9.62. The molecule has 17 heavy (non-hydrogen) atoms. The van der Waals surface area contributed by atoms with Crippen molar-refractivity contribution in [2.45, 2.75) is 19.6 Å². The van der Waals surface area contributed by atoms with E-state index in [0.717, 1.165) is 0 Å². The van der Waals surface area contributed by atoms with Crippen molar-refractivity contribution in [3.8, 4) is 0 Å². The van der Waals surface area contributed by atoms with E-state index in [1.54, 1.807) is 4.90 Å². The quantitative estimate of drug-likeness (QED) is 0.857. The van der Waals surface area contributed by atoms with E-state index in [0.29, 0.717) is 19.8 Å². The summed E-state index contributed by atoms with van der Waals surface area (Å²) in [6.45, 7) is 2.88. The standard InChI is InChI=1S/C12H15F2NO2/c1-8-7-17-3-2-15(8)12-10(13)4-9(6-16)5-11(12)14/h4-5,8,16H,2-3,6-7H2,1H3. The van der Waals surface area contributed by atoms with E-state index in [1.165, 1.54) is 12.1 Å². The molecule has 0 aromatic heterocycles. The smallest absolute Gasteiger partial charge is 0.149 e. The topological polar surface area (TPSA) is 32.7 Å². The molecule has 1 aromatic carbocycles. The van der Waals surface area contributed by atoms with Crippen LogP contribution in [-0.2, 0) is 11.3 Å². The average Bonchev–Trinajstić information content (AvgIpc) is 2.30. The molecule has 2 rings (SSSR count). The highest BCUT2D eigenvalue weighted by atomic mass is 19.1. The van der Waals surface area contributed by atoms with Crippen LogP contribution in [0.2, 0.25) is 0 Å². The van der Waals surface area contributed by atoms with E-state index in [-0.39, 0.29) is 23.9 Å². The number of hydrogen-bond donors (Lipinski definition) is 1. The van der Waals surface area contributed by atoms with Crippen molar-refractivity contribution in [1.29, 1.82) is 0 Å². The van der Waals surface area contributed by atoms with Crippen LogP contribution in [-0.4, -0.2) is 30.9 Å². The number of hydrogen-bond acceptors (Lipinski definition) is 3. The predicted octanol–water partition coefficient (Wildman–Crippen LogP) is 1.68. The monoisotopic (exact) mass is 243 g/mol. The van der Waals surface area contributed by atoms with Gasteiger partial charge in [0, 0.05) is 12.6 Å². The Morgan fingerprint density at radius 3 is 2.59 bits per heavy atom. The number of morpholine rings is 1. The van der Waals surface area contributed by atoms with Crippen LogP contribution in [0.4, 0.5) is 14.5 Å². The van der Waals surface area contributed by atoms with Crippen molar-refractivity contribution < 1.29 is 18.6 Å². The third-order valence-corrected chi connectivity index (χ3v) is 2.91. The summed E-state index contributed by atoms with van der Waals surface area (Å²) in [5.74, 6) is -1.27. The number of halogens is 2. The lowest BCUT2D eigenvalue weighted by Crippen LogP contribution is -2.44. The maximum atomic E-state index is 13.8. The van der Waals surface area contributed by atoms with Gasteiger partial charge in [-0.25, -0.2) is 8.78 Å². The Balaban J connectivity index is 2.37. The number of benzene rings is 1. The number of ether oxygens (including phenoxy) is 1. The molecule has 1 aliphatic rings. The molecule has 1 heterocycles. The largest absolute Gasteiger partial charge is 0.392 e. The van der Waals surface area contributed by atoms with Gasteiger partial charge in [-0.2, -0.15) is 0 Å². The zero-order chi connectivity index (χ0) is 12.4. The van der Waals surface area contributed by atoms with Gasteiger partial charge < -0.3 is 14.7 Å². The first-order chi connectivity index (χ1) is 8.13. The molecule has 1 aliphatic heterocycles. The van der Waals surface area contributed by atoms with E-state index >= 15 is 0 Å². The van der Waals surface area contributed by atoms with Crippen LogP contribution in [0, 0.1) is 11.6 Å². The average molecular weight is 243 g/mol. The lowest BCUT2D eigenvalue weighted by Gasteiger charge is -2.35. The van der Waals surface area contributed by atoms with Gasteiger partial charge in [0.25, 0.3) is 0 Å². The highest BCUT2D eigenvalue weighted by molar-refractivity contribution is 5.51. The van der Waals surface area contributed by atoms with E-state index in [2.05, 4.69) is 0 Å². The Kier molecular flexibility index (Phi) is 3.59. The van der Waals surface area contributed by atoms with E-state index in [1.807, 2.05) is 6.92 Å². The van der Waals surface area contributed by atoms with E-state index < -0.39 is 11.6 Å². The van der Waals surface area contributed by atoms with Crippen LogP contribution >= 0.6 is 0 Å². The highest BCUT2D eigenvalue weighted by Crippen LogP contribution is 2.27. The molecule has 0 bridgehead atoms. The number of anilines is 1. The van der Waals surface area contributed by atoms with Gasteiger partial charge >= 0.3 is 0 Å². The van der Waals surface area contributed by atoms with Crippen molar-refractivity contribution in [2.75, 3.05) is 24.7 Å². The normalized spacial score (nSPS) is 20.7. The van der Waals surface area contributed by atoms with Gasteiger partial charge in [0.1, 0.15) is 17.3 Å². The van der Waals surface area contributed by atoms with E-state index in [4.69, 9.17) is 9.84 Å². The molecular weight excluding hydrogens is 228 g/mol. The SMILES string of the molecule is CC1COCCN1c1c(F)cc(CO)cc1F. The molecule has 1 fully saturated rings. The minimum Gasteiger partial charge on any atom is -0.392 e. The van der Waals surface area contributed by atoms with Gasteiger partial charge in [-0.3, -0.25) is 0 Å². The third-order valence-electron chi connectivity index (χ3n) is 2.91. The van der Waals surface area contributed by atoms with Crippen LogP contribution in [0.5, 0.6) is 0 Å². The summed E-state index contributed by atoms with van der Waals surface area (Å²) < 4.78 is 32.9. The van der Waals surface area contributed by atoms with Gasteiger partial charge in [0.15, 0.2) is 0 Å². The van der Waals surface area contributed by atoms with Crippen LogP contribution in [0.25, 0.3) is 0 Å². The maximum Gasteiger partial charge on any atom is 0.149 e. The Hall–Kier alpha value is -1.20. The van der Waals surface area contributed by atoms with Gasteiger partial charge in [-0.1, -0.05) is 0 Å². The van der Waals surface area contributed by atoms with Crippen LogP contribution in [0.3, 0.4) is 0 Å². The Labute approximate surface area is 98.6 Å². The Morgan fingerprint density at radius 2 is 2.06 bits per heavy atom. The molecule has 0 amide bonds. The summed E-state index contributed by atoms with van der Waals surface area (Å²) in [4.78, 5) is 1.66. The molecule has 94 valence electrons. The Bertz CT molecular complexity index is 388. The number of aliphatic hydroxyl groups is 1. The summed E-state index contributed by atoms with van der Waals surface area (Å²) >= 11 is 0. The van der Waals surface area contributed by atoms with Crippen molar-refractivity contribution in [3.05, 3.63) is 29.3 Å². The molecule has 1 unspecified atom stereocenters. The van der Waals surface area contributed by atoms with Crippen molar-refractivity contribution in [2.24, 2.45) is 0 Å². The van der Waals surface area contributed by atoms with Crippen LogP contribution in [0.15, 0.2) is 12.1 Å². The first-order valence-electron chi connectivity index (χ1n) is 5.56. The fraction of sp³-hybridized carbons (Fsp3) is 0.500. The van der Waals surface area contributed by atoms with E-state index in [9.17, 15) is 8.78 Å². The first-order valence-corrected chi connectivity index (χ1v) is 5.56. The molecule has 0 saturated carbocycles. The maximum absolute atomic E-state index is 13.8. The summed E-state index contributed by atoms with van der Waals surface area (Å²) in [6, 6.07) is 2.27. The summed E-state index contributed by atoms with van der Waals surface area (Å²) in [6.07, 6.45) is 0. The molecule has 5 heteroatoms. The second-order valence-electron chi connectivity index (χ2n) is 4.18. The summed E-state index contributed by atoms with van der Waals surface area (Å²) in [5.41, 5.74) is 0.211. The van der Waals surface area contributed by atoms with Gasteiger partial charge in [-0.05, 0) is 24.6 Å². The first kappa shape index (κ1) is 12.3. The fourth-order valence-corrected chi connectivity index (χ4v) is 2.04. The van der Waals surface area contributed by atoms with Gasteiger partial charge in [-0.15, -0.1) is 0 Å². The lowest BCUT2D eigenvalue weighted by atomic mass is 10.1. The van der Waals surface area contributed by atoms with Crippen molar-refractivity contribution in [3.63, 3.8) is 0 Å². The second-order valence-corrected chi connectivity index (χ2v) is 4.18. The van der Waals surface area contributed by atoms with Crippen LogP contribution in [0.1, 0.15) is 12.5 Å². The predicted molar refractivity (Wildman–Crippen MR) is 59.9 cm³/mol. The lowest BCUT2D eigenvalue weighted by molar-refractivity contribution is 0.0982. The number of nitrogens with zero attached hydrogens (tertiary/aromatic N) is 1. The minimum atomic E-state index is -0.636. The molecule has 0 radical (unpaired) electrons. The highest BCUT2D eigenvalue weighted by Gasteiger charge is 2.25. The molecular formula is C12H15F2NO2. The van der Waals surface area contributed by atoms with Crippen molar-refractivity contribution >= 4 is 5.69 Å². The molecule has 0 spiro atoms. The van der Waals surface area contributed by atoms with Gasteiger partial charge in [0.2, 0.25) is 0 Å². The number of rotatable bonds is 2. The van der Waals surface area contributed by atoms with Crippen molar-refractivity contribution in [1.82, 2.24) is 0 Å². The summed E-state index contributed by atoms with van der Waals surface area (Å²) in [5, 5.41) is 8.87. The molecule has 1 saturated heterocycles. The minimum absolute atomic E-state index is 0.0296. The molecule has 1 atom stereocenters.